The van der Waals surface area contributed by atoms with Gasteiger partial charge in [-0.3, -0.25) is 9.78 Å². The smallest absolute Gasteiger partial charge is 0.269 e. The summed E-state index contributed by atoms with van der Waals surface area (Å²) in [4.78, 5) is 15.5. The molecule has 0 aromatic carbocycles. The number of nitrogens with zero attached hydrogens (tertiary/aromatic N) is 1. The predicted octanol–water partition coefficient (Wildman–Crippen LogP) is 1.22. The molecule has 0 saturated heterocycles. The summed E-state index contributed by atoms with van der Waals surface area (Å²) in [5.74, 6) is 0.0170. The summed E-state index contributed by atoms with van der Waals surface area (Å²) < 4.78 is 0. The Labute approximate surface area is 95.7 Å². The van der Waals surface area contributed by atoms with Gasteiger partial charge in [-0.15, -0.1) is 0 Å². The summed E-state index contributed by atoms with van der Waals surface area (Å²) in [6, 6.07) is 5.19. The van der Waals surface area contributed by atoms with Crippen LogP contribution in [0.1, 0.15) is 30.8 Å². The summed E-state index contributed by atoms with van der Waals surface area (Å²) in [7, 11) is 0. The quantitative estimate of drug-likeness (QED) is 0.787. The molecule has 1 aromatic rings. The van der Waals surface area contributed by atoms with Crippen LogP contribution in [0.5, 0.6) is 0 Å². The number of nitrogens with one attached hydrogen (secondary N) is 1. The number of rotatable bonds is 5. The van der Waals surface area contributed by atoms with E-state index in [-0.39, 0.29) is 17.9 Å². The number of hydrogen-bond acceptors (Lipinski definition) is 3. The van der Waals surface area contributed by atoms with Crippen molar-refractivity contribution in [3.8, 4) is 0 Å². The fourth-order valence-corrected chi connectivity index (χ4v) is 1.25. The molecule has 1 heterocycles. The van der Waals surface area contributed by atoms with Crippen LogP contribution in [-0.2, 0) is 0 Å². The second-order valence-corrected chi connectivity index (χ2v) is 4.07. The molecule has 16 heavy (non-hydrogen) atoms. The Balaban J connectivity index is 2.31. The Morgan fingerprint density at radius 3 is 2.81 bits per heavy atom. The number of carbonyl (C=O) groups excluding carboxylic acids is 1. The van der Waals surface area contributed by atoms with Crippen molar-refractivity contribution in [2.24, 2.45) is 5.92 Å². The van der Waals surface area contributed by atoms with Crippen LogP contribution in [-0.4, -0.2) is 28.6 Å². The first-order chi connectivity index (χ1) is 7.61. The van der Waals surface area contributed by atoms with E-state index in [1.807, 2.05) is 13.8 Å². The van der Waals surface area contributed by atoms with Crippen molar-refractivity contribution in [2.75, 3.05) is 6.54 Å². The number of pyridine rings is 1. The lowest BCUT2D eigenvalue weighted by molar-refractivity contribution is 0.0915. The van der Waals surface area contributed by atoms with Gasteiger partial charge in [0.2, 0.25) is 0 Å². The predicted molar refractivity (Wildman–Crippen MR) is 62.0 cm³/mol. The Hall–Kier alpha value is -1.42. The SMILES string of the molecule is CC(C)C(O)CCNC(=O)c1ccccn1. The van der Waals surface area contributed by atoms with E-state index in [0.717, 1.165) is 0 Å². The molecule has 4 nitrogen and oxygen atoms in total. The van der Waals surface area contributed by atoms with Gasteiger partial charge < -0.3 is 10.4 Å². The molecule has 1 atom stereocenters. The van der Waals surface area contributed by atoms with Crippen LogP contribution in [0.3, 0.4) is 0 Å². The summed E-state index contributed by atoms with van der Waals surface area (Å²) in [6.45, 7) is 4.37. The van der Waals surface area contributed by atoms with Gasteiger partial charge in [0, 0.05) is 12.7 Å². The zero-order valence-electron chi connectivity index (χ0n) is 9.68. The first kappa shape index (κ1) is 12.6. The van der Waals surface area contributed by atoms with Crippen LogP contribution in [0.4, 0.5) is 0 Å². The van der Waals surface area contributed by atoms with Crippen LogP contribution in [0.15, 0.2) is 24.4 Å². The highest BCUT2D eigenvalue weighted by Crippen LogP contribution is 2.04. The molecule has 0 radical (unpaired) electrons. The average Bonchev–Trinajstić information content (AvgIpc) is 2.29. The molecule has 1 unspecified atom stereocenters. The standard InChI is InChI=1S/C12H18N2O2/c1-9(2)11(15)6-8-14-12(16)10-5-3-4-7-13-10/h3-5,7,9,11,15H,6,8H2,1-2H3,(H,14,16). The minimum atomic E-state index is -0.371. The monoisotopic (exact) mass is 222 g/mol. The molecule has 1 aromatic heterocycles. The lowest BCUT2D eigenvalue weighted by Gasteiger charge is -2.14. The van der Waals surface area contributed by atoms with Crippen molar-refractivity contribution in [1.82, 2.24) is 10.3 Å². The van der Waals surface area contributed by atoms with E-state index in [4.69, 9.17) is 0 Å². The van der Waals surface area contributed by atoms with E-state index in [0.29, 0.717) is 18.7 Å². The summed E-state index contributed by atoms with van der Waals surface area (Å²) in [5, 5.41) is 12.3. The number of aromatic nitrogens is 1. The van der Waals surface area contributed by atoms with Gasteiger partial charge in [0.1, 0.15) is 5.69 Å². The van der Waals surface area contributed by atoms with Gasteiger partial charge >= 0.3 is 0 Å². The Kier molecular flexibility index (Phi) is 4.92. The summed E-state index contributed by atoms with van der Waals surface area (Å²) in [6.07, 6.45) is 1.78. The van der Waals surface area contributed by atoms with Crippen molar-refractivity contribution in [2.45, 2.75) is 26.4 Å². The van der Waals surface area contributed by atoms with Crippen molar-refractivity contribution in [3.63, 3.8) is 0 Å². The molecular formula is C12H18N2O2. The van der Waals surface area contributed by atoms with Gasteiger partial charge in [-0.05, 0) is 24.5 Å². The molecule has 1 rings (SSSR count). The first-order valence-electron chi connectivity index (χ1n) is 5.48. The maximum atomic E-state index is 11.5. The summed E-state index contributed by atoms with van der Waals surface area (Å²) >= 11 is 0. The molecule has 0 fully saturated rings. The zero-order chi connectivity index (χ0) is 12.0. The van der Waals surface area contributed by atoms with Gasteiger partial charge in [-0.25, -0.2) is 0 Å². The molecule has 0 aliphatic heterocycles. The third-order valence-electron chi connectivity index (χ3n) is 2.39. The summed E-state index contributed by atoms with van der Waals surface area (Å²) in [5.41, 5.74) is 0.404. The van der Waals surface area contributed by atoms with Crippen LogP contribution in [0, 0.1) is 5.92 Å². The first-order valence-corrected chi connectivity index (χ1v) is 5.48. The van der Waals surface area contributed by atoms with Crippen LogP contribution >= 0.6 is 0 Å². The number of hydrogen-bond donors (Lipinski definition) is 2. The molecule has 0 saturated carbocycles. The Morgan fingerprint density at radius 2 is 2.25 bits per heavy atom. The molecule has 0 bridgehead atoms. The molecule has 2 N–H and O–H groups in total. The van der Waals surface area contributed by atoms with Crippen LogP contribution < -0.4 is 5.32 Å². The number of amides is 1. The maximum absolute atomic E-state index is 11.5. The largest absolute Gasteiger partial charge is 0.393 e. The second kappa shape index (κ2) is 6.23. The van der Waals surface area contributed by atoms with E-state index in [1.54, 1.807) is 24.4 Å². The minimum absolute atomic E-state index is 0.198. The molecule has 1 amide bonds. The Morgan fingerprint density at radius 1 is 1.50 bits per heavy atom. The zero-order valence-corrected chi connectivity index (χ0v) is 9.68. The highest BCUT2D eigenvalue weighted by Gasteiger charge is 2.10. The minimum Gasteiger partial charge on any atom is -0.393 e. The average molecular weight is 222 g/mol. The van der Waals surface area contributed by atoms with Gasteiger partial charge in [0.25, 0.3) is 5.91 Å². The van der Waals surface area contributed by atoms with Crippen molar-refractivity contribution >= 4 is 5.91 Å². The fourth-order valence-electron chi connectivity index (χ4n) is 1.25. The van der Waals surface area contributed by atoms with Crippen LogP contribution in [0.2, 0.25) is 0 Å². The lowest BCUT2D eigenvalue weighted by Crippen LogP contribution is -2.29. The van der Waals surface area contributed by atoms with Crippen LogP contribution in [0.25, 0.3) is 0 Å². The third-order valence-corrected chi connectivity index (χ3v) is 2.39. The van der Waals surface area contributed by atoms with Crippen molar-refractivity contribution < 1.29 is 9.90 Å². The molecular weight excluding hydrogens is 204 g/mol. The second-order valence-electron chi connectivity index (χ2n) is 4.07. The van der Waals surface area contributed by atoms with E-state index < -0.39 is 0 Å². The topological polar surface area (TPSA) is 62.2 Å². The molecule has 4 heteroatoms. The lowest BCUT2D eigenvalue weighted by atomic mass is 10.0. The van der Waals surface area contributed by atoms with Crippen molar-refractivity contribution in [1.29, 1.82) is 0 Å². The van der Waals surface area contributed by atoms with E-state index in [1.165, 1.54) is 0 Å². The normalized spacial score (nSPS) is 12.5. The van der Waals surface area contributed by atoms with Gasteiger partial charge in [-0.1, -0.05) is 19.9 Å². The molecule has 0 aliphatic carbocycles. The van der Waals surface area contributed by atoms with E-state index >= 15 is 0 Å². The number of carbonyl (C=O) groups is 1. The molecule has 0 spiro atoms. The van der Waals surface area contributed by atoms with E-state index in [2.05, 4.69) is 10.3 Å². The fraction of sp³-hybridized carbons (Fsp3) is 0.500. The van der Waals surface area contributed by atoms with Gasteiger partial charge in [-0.2, -0.15) is 0 Å². The maximum Gasteiger partial charge on any atom is 0.269 e. The highest BCUT2D eigenvalue weighted by molar-refractivity contribution is 5.92. The molecule has 88 valence electrons. The van der Waals surface area contributed by atoms with E-state index in [9.17, 15) is 9.90 Å². The third kappa shape index (κ3) is 3.98. The van der Waals surface area contributed by atoms with Gasteiger partial charge in [0.15, 0.2) is 0 Å². The Bertz CT molecular complexity index is 325. The number of aliphatic hydroxyl groups is 1. The molecule has 0 aliphatic rings. The van der Waals surface area contributed by atoms with Crippen molar-refractivity contribution in [3.05, 3.63) is 30.1 Å². The van der Waals surface area contributed by atoms with Gasteiger partial charge in [0.05, 0.1) is 6.10 Å². The number of aliphatic hydroxyl groups excluding tert-OH is 1. The highest BCUT2D eigenvalue weighted by atomic mass is 16.3.